The number of fused-ring (bicyclic) bond motifs is 4. The van der Waals surface area contributed by atoms with Crippen LogP contribution in [-0.4, -0.2) is 67.5 Å². The number of hydrogen-bond acceptors (Lipinski definition) is 7. The molecule has 2 fully saturated rings. The van der Waals surface area contributed by atoms with Gasteiger partial charge in [0.1, 0.15) is 0 Å². The van der Waals surface area contributed by atoms with Crippen LogP contribution < -0.4 is 9.64 Å². The highest BCUT2D eigenvalue weighted by molar-refractivity contribution is 9.10. The summed E-state index contributed by atoms with van der Waals surface area (Å²) in [6.07, 6.45) is 4.87. The maximum atomic E-state index is 6.03. The molecule has 30 heavy (non-hydrogen) atoms. The second kappa shape index (κ2) is 9.08. The Morgan fingerprint density at radius 1 is 0.933 bits per heavy atom. The van der Waals surface area contributed by atoms with Crippen molar-refractivity contribution in [2.75, 3.05) is 57.5 Å². The first-order chi connectivity index (χ1) is 14.7. The predicted molar refractivity (Wildman–Crippen MR) is 121 cm³/mol. The molecule has 2 unspecified atom stereocenters. The highest BCUT2D eigenvalue weighted by Gasteiger charge is 2.31. The third-order valence-corrected chi connectivity index (χ3v) is 6.62. The Morgan fingerprint density at radius 2 is 1.53 bits per heavy atom. The molecule has 3 aliphatic heterocycles. The van der Waals surface area contributed by atoms with Crippen molar-refractivity contribution in [3.05, 3.63) is 33.5 Å². The van der Waals surface area contributed by atoms with E-state index in [1.807, 2.05) is 12.1 Å². The fourth-order valence-electron chi connectivity index (χ4n) is 4.52. The van der Waals surface area contributed by atoms with Crippen LogP contribution in [0.25, 0.3) is 0 Å². The molecule has 0 amide bonds. The van der Waals surface area contributed by atoms with E-state index in [0.29, 0.717) is 36.5 Å². The van der Waals surface area contributed by atoms with E-state index in [1.165, 1.54) is 6.42 Å². The summed E-state index contributed by atoms with van der Waals surface area (Å²) >= 11 is 6.94. The standard InChI is InChI=1S/C21H24Br2N4O3/c22-16-6-18-20(24-8-16)27(21-19(30-18)7-17(23)9-25-21)2-4-28-3-1-26-10-14-5-15(11-26)13-29-12-14/h6-9,14-15H,1-5,10-13H2. The lowest BCUT2D eigenvalue weighted by Gasteiger charge is -2.41. The van der Waals surface area contributed by atoms with Gasteiger partial charge in [-0.1, -0.05) is 0 Å². The van der Waals surface area contributed by atoms with Crippen molar-refractivity contribution in [2.24, 2.45) is 11.8 Å². The topological polar surface area (TPSA) is 60.0 Å². The van der Waals surface area contributed by atoms with E-state index in [-0.39, 0.29) is 0 Å². The lowest BCUT2D eigenvalue weighted by molar-refractivity contribution is -0.0455. The van der Waals surface area contributed by atoms with Gasteiger partial charge in [0.15, 0.2) is 23.1 Å². The number of nitrogens with zero attached hydrogens (tertiary/aromatic N) is 4. The molecule has 2 atom stereocenters. The van der Waals surface area contributed by atoms with E-state index in [1.54, 1.807) is 12.4 Å². The molecule has 2 aromatic heterocycles. The SMILES string of the molecule is Brc1cnc2c(c1)Oc1cc(Br)cnc1N2CCOCCN1CC2COCC(C2)C1. The summed E-state index contributed by atoms with van der Waals surface area (Å²) in [4.78, 5) is 13.7. The van der Waals surface area contributed by atoms with Crippen molar-refractivity contribution < 1.29 is 14.2 Å². The van der Waals surface area contributed by atoms with Gasteiger partial charge in [-0.25, -0.2) is 9.97 Å². The molecule has 0 aliphatic carbocycles. The lowest BCUT2D eigenvalue weighted by Crippen LogP contribution is -2.47. The van der Waals surface area contributed by atoms with Gasteiger partial charge in [-0.05, 0) is 50.1 Å². The van der Waals surface area contributed by atoms with Crippen LogP contribution in [0.1, 0.15) is 6.42 Å². The van der Waals surface area contributed by atoms with E-state index in [2.05, 4.69) is 51.6 Å². The number of piperidine rings is 1. The Morgan fingerprint density at radius 3 is 2.17 bits per heavy atom. The minimum atomic E-state index is 0.595. The van der Waals surface area contributed by atoms with E-state index >= 15 is 0 Å². The maximum absolute atomic E-state index is 6.03. The molecule has 0 spiro atoms. The first kappa shape index (κ1) is 20.6. The van der Waals surface area contributed by atoms with Crippen LogP contribution in [0.15, 0.2) is 33.5 Å². The van der Waals surface area contributed by atoms with E-state index in [0.717, 1.165) is 60.0 Å². The van der Waals surface area contributed by atoms with Crippen molar-refractivity contribution in [2.45, 2.75) is 6.42 Å². The Hall–Kier alpha value is -1.26. The third-order valence-electron chi connectivity index (χ3n) is 5.75. The zero-order valence-electron chi connectivity index (χ0n) is 16.6. The Bertz CT molecular complexity index is 852. The van der Waals surface area contributed by atoms with Gasteiger partial charge >= 0.3 is 0 Å². The van der Waals surface area contributed by atoms with Gasteiger partial charge in [0.05, 0.1) is 26.4 Å². The van der Waals surface area contributed by atoms with Crippen LogP contribution in [0.5, 0.6) is 11.5 Å². The van der Waals surface area contributed by atoms with Crippen molar-refractivity contribution in [3.8, 4) is 11.5 Å². The second-order valence-electron chi connectivity index (χ2n) is 8.08. The molecule has 7 nitrogen and oxygen atoms in total. The van der Waals surface area contributed by atoms with Crippen LogP contribution in [0.3, 0.4) is 0 Å². The number of ether oxygens (including phenoxy) is 3. The first-order valence-corrected chi connectivity index (χ1v) is 11.9. The van der Waals surface area contributed by atoms with Crippen molar-refractivity contribution in [3.63, 3.8) is 0 Å². The fraction of sp³-hybridized carbons (Fsp3) is 0.524. The Labute approximate surface area is 193 Å². The molecule has 9 heteroatoms. The first-order valence-electron chi connectivity index (χ1n) is 10.3. The molecule has 0 aromatic carbocycles. The van der Waals surface area contributed by atoms with Crippen molar-refractivity contribution in [1.82, 2.24) is 14.9 Å². The summed E-state index contributed by atoms with van der Waals surface area (Å²) in [5.74, 6) is 4.31. The maximum Gasteiger partial charge on any atom is 0.177 e. The summed E-state index contributed by atoms with van der Waals surface area (Å²) < 4.78 is 19.5. The molecule has 0 saturated carbocycles. The van der Waals surface area contributed by atoms with Crippen molar-refractivity contribution in [1.29, 1.82) is 0 Å². The number of pyridine rings is 2. The zero-order valence-corrected chi connectivity index (χ0v) is 19.8. The summed E-state index contributed by atoms with van der Waals surface area (Å²) in [5.41, 5.74) is 0. The number of anilines is 2. The highest BCUT2D eigenvalue weighted by Crippen LogP contribution is 2.45. The van der Waals surface area contributed by atoms with Gasteiger partial charge in [-0.2, -0.15) is 0 Å². The number of hydrogen-bond donors (Lipinski definition) is 0. The minimum absolute atomic E-state index is 0.595. The molecule has 0 N–H and O–H groups in total. The summed E-state index contributed by atoms with van der Waals surface area (Å²) in [6, 6.07) is 3.86. The lowest BCUT2D eigenvalue weighted by atomic mass is 9.88. The molecule has 2 saturated heterocycles. The highest BCUT2D eigenvalue weighted by atomic mass is 79.9. The van der Waals surface area contributed by atoms with Crippen LogP contribution in [0.2, 0.25) is 0 Å². The summed E-state index contributed by atoms with van der Waals surface area (Å²) in [7, 11) is 0. The average molecular weight is 540 g/mol. The monoisotopic (exact) mass is 538 g/mol. The molecule has 5 heterocycles. The average Bonchev–Trinajstić information content (AvgIpc) is 2.72. The van der Waals surface area contributed by atoms with E-state index in [4.69, 9.17) is 14.2 Å². The number of aromatic nitrogens is 2. The predicted octanol–water partition coefficient (Wildman–Crippen LogP) is 4.23. The molecule has 160 valence electrons. The van der Waals surface area contributed by atoms with Crippen LogP contribution in [0.4, 0.5) is 11.6 Å². The van der Waals surface area contributed by atoms with E-state index in [9.17, 15) is 0 Å². The van der Waals surface area contributed by atoms with Gasteiger partial charge in [0.2, 0.25) is 0 Å². The summed E-state index contributed by atoms with van der Waals surface area (Å²) in [5, 5.41) is 0. The van der Waals surface area contributed by atoms with Crippen molar-refractivity contribution >= 4 is 43.5 Å². The number of rotatable bonds is 6. The van der Waals surface area contributed by atoms with Gasteiger partial charge in [-0.15, -0.1) is 0 Å². The number of halogens is 2. The summed E-state index contributed by atoms with van der Waals surface area (Å²) in [6.45, 7) is 7.03. The minimum Gasteiger partial charge on any atom is -0.449 e. The fourth-order valence-corrected chi connectivity index (χ4v) is 5.14. The van der Waals surface area contributed by atoms with Crippen LogP contribution >= 0.6 is 31.9 Å². The van der Waals surface area contributed by atoms with Crippen LogP contribution in [-0.2, 0) is 9.47 Å². The Balaban J connectivity index is 1.19. The molecule has 2 bridgehead atoms. The van der Waals surface area contributed by atoms with Gasteiger partial charge in [0.25, 0.3) is 0 Å². The molecular formula is C21H24Br2N4O3. The third kappa shape index (κ3) is 4.50. The zero-order chi connectivity index (χ0) is 20.5. The number of likely N-dealkylation sites (tertiary alicyclic amines) is 1. The smallest absolute Gasteiger partial charge is 0.177 e. The molecular weight excluding hydrogens is 516 g/mol. The van der Waals surface area contributed by atoms with Crippen LogP contribution in [0, 0.1) is 11.8 Å². The largest absolute Gasteiger partial charge is 0.449 e. The molecule has 3 aliphatic rings. The van der Waals surface area contributed by atoms with Gasteiger partial charge in [-0.3, -0.25) is 0 Å². The van der Waals surface area contributed by atoms with Gasteiger partial charge in [0, 0.05) is 59.7 Å². The molecule has 0 radical (unpaired) electrons. The van der Waals surface area contributed by atoms with E-state index < -0.39 is 0 Å². The molecule has 5 rings (SSSR count). The molecule has 2 aromatic rings. The second-order valence-corrected chi connectivity index (χ2v) is 9.91. The van der Waals surface area contributed by atoms with Gasteiger partial charge < -0.3 is 24.0 Å². The Kier molecular flexibility index (Phi) is 6.24. The quantitative estimate of drug-likeness (QED) is 0.509. The normalized spacial score (nSPS) is 22.9.